The van der Waals surface area contributed by atoms with Crippen molar-refractivity contribution >= 4 is 40.4 Å². The Hall–Kier alpha value is -5.08. The number of fused-ring (bicyclic) bond motifs is 2. The second-order valence-electron chi connectivity index (χ2n) is 13.6. The molecule has 1 aliphatic carbocycles. The van der Waals surface area contributed by atoms with Crippen molar-refractivity contribution in [1.29, 1.82) is 0 Å². The van der Waals surface area contributed by atoms with Gasteiger partial charge in [0.15, 0.2) is 5.65 Å². The fraction of sp³-hybridized carbons (Fsp3) is 0.368. The van der Waals surface area contributed by atoms with Crippen molar-refractivity contribution < 1.29 is 22.7 Å². The summed E-state index contributed by atoms with van der Waals surface area (Å²) in [5, 5.41) is 3.08. The Morgan fingerprint density at radius 3 is 2.49 bits per heavy atom. The SMILES string of the molecule is COc1nc(-c2cccc(-c3cccc(Nc4nc(C(F)(F)F)nc5c4c(=O)n(C)c(=O)n5C)c3C)c2Cl)cc2c1[C@@H](N1CCC(CCC=O)C1)CC2. The van der Waals surface area contributed by atoms with Crippen LogP contribution in [0.4, 0.5) is 24.7 Å². The molecule has 3 aromatic heterocycles. The molecule has 0 bridgehead atoms. The van der Waals surface area contributed by atoms with Crippen LogP contribution in [-0.2, 0) is 31.5 Å². The van der Waals surface area contributed by atoms with Crippen LogP contribution in [-0.4, -0.2) is 55.5 Å². The van der Waals surface area contributed by atoms with Gasteiger partial charge < -0.3 is 14.8 Å². The summed E-state index contributed by atoms with van der Waals surface area (Å²) in [7, 11) is 4.09. The van der Waals surface area contributed by atoms with Gasteiger partial charge in [-0.3, -0.25) is 18.8 Å². The van der Waals surface area contributed by atoms with Crippen LogP contribution >= 0.6 is 11.6 Å². The number of hydrogen-bond acceptors (Lipinski definition) is 9. The van der Waals surface area contributed by atoms with Crippen LogP contribution in [0.15, 0.2) is 52.1 Å². The zero-order valence-corrected chi connectivity index (χ0v) is 30.3. The largest absolute Gasteiger partial charge is 0.481 e. The number of aromatic nitrogens is 5. The topological polar surface area (TPSA) is 124 Å². The summed E-state index contributed by atoms with van der Waals surface area (Å²) in [4.78, 5) is 51.4. The predicted molar refractivity (Wildman–Crippen MR) is 196 cm³/mol. The van der Waals surface area contributed by atoms with Crippen LogP contribution in [0.25, 0.3) is 33.4 Å². The van der Waals surface area contributed by atoms with E-state index in [1.165, 1.54) is 14.1 Å². The third kappa shape index (κ3) is 6.48. The molecule has 276 valence electrons. The monoisotopic (exact) mass is 747 g/mol. The summed E-state index contributed by atoms with van der Waals surface area (Å²) in [5.41, 5.74) is 3.79. The third-order valence-electron chi connectivity index (χ3n) is 10.5. The molecule has 1 N–H and O–H groups in total. The Labute approximate surface area is 307 Å². The molecular weight excluding hydrogens is 711 g/mol. The van der Waals surface area contributed by atoms with Gasteiger partial charge in [0.05, 0.1) is 17.8 Å². The van der Waals surface area contributed by atoms with E-state index in [1.807, 2.05) is 24.3 Å². The molecule has 1 unspecified atom stereocenters. The summed E-state index contributed by atoms with van der Waals surface area (Å²) < 4.78 is 49.4. The fourth-order valence-corrected chi connectivity index (χ4v) is 8.05. The lowest BCUT2D eigenvalue weighted by Crippen LogP contribution is -2.38. The van der Waals surface area contributed by atoms with E-state index in [4.69, 9.17) is 21.3 Å². The van der Waals surface area contributed by atoms with Crippen molar-refractivity contribution in [2.75, 3.05) is 25.5 Å². The van der Waals surface area contributed by atoms with Crippen molar-refractivity contribution in [3.05, 3.63) is 90.8 Å². The molecule has 0 saturated carbocycles. The highest BCUT2D eigenvalue weighted by molar-refractivity contribution is 6.36. The molecule has 11 nitrogen and oxygen atoms in total. The van der Waals surface area contributed by atoms with Crippen LogP contribution in [0.1, 0.15) is 54.2 Å². The number of aryl methyl sites for hydroxylation is 2. The first kappa shape index (κ1) is 36.3. The molecule has 2 atom stereocenters. The Balaban J connectivity index is 1.25. The second-order valence-corrected chi connectivity index (χ2v) is 14.0. The number of anilines is 2. The number of carbonyl (C=O) groups excluding carboxylic acids is 1. The molecular formula is C38H37ClF3N7O4. The molecule has 0 spiro atoms. The summed E-state index contributed by atoms with van der Waals surface area (Å²) in [6.07, 6.45) is 0.396. The van der Waals surface area contributed by atoms with Gasteiger partial charge in [-0.25, -0.2) is 19.7 Å². The van der Waals surface area contributed by atoms with E-state index in [-0.39, 0.29) is 11.4 Å². The van der Waals surface area contributed by atoms with Gasteiger partial charge in [-0.1, -0.05) is 41.9 Å². The average molecular weight is 748 g/mol. The molecule has 4 heterocycles. The second kappa shape index (κ2) is 14.0. The number of benzene rings is 2. The molecule has 7 rings (SSSR count). The number of ether oxygens (including phenoxy) is 1. The molecule has 0 amide bonds. The van der Waals surface area contributed by atoms with Gasteiger partial charge in [-0.05, 0) is 73.9 Å². The zero-order chi connectivity index (χ0) is 37.8. The lowest BCUT2D eigenvalue weighted by Gasteiger charge is -2.26. The van der Waals surface area contributed by atoms with E-state index in [1.54, 1.807) is 26.2 Å². The number of aldehydes is 1. The number of alkyl halides is 3. The molecule has 5 aromatic rings. The van der Waals surface area contributed by atoms with Gasteiger partial charge in [0.2, 0.25) is 11.7 Å². The highest BCUT2D eigenvalue weighted by Gasteiger charge is 2.38. The normalized spacial score (nSPS) is 17.4. The summed E-state index contributed by atoms with van der Waals surface area (Å²) in [5.74, 6) is -0.833. The molecule has 1 aliphatic heterocycles. The minimum absolute atomic E-state index is 0.187. The van der Waals surface area contributed by atoms with E-state index >= 15 is 0 Å². The van der Waals surface area contributed by atoms with Crippen molar-refractivity contribution in [3.8, 4) is 28.3 Å². The Morgan fingerprint density at radius 2 is 1.75 bits per heavy atom. The Kier molecular flexibility index (Phi) is 9.62. The summed E-state index contributed by atoms with van der Waals surface area (Å²) in [6, 6.07) is 13.1. The Bertz CT molecular complexity index is 2390. The summed E-state index contributed by atoms with van der Waals surface area (Å²) >= 11 is 7.16. The first-order chi connectivity index (χ1) is 25.3. The Morgan fingerprint density at radius 1 is 1.02 bits per heavy atom. The van der Waals surface area contributed by atoms with Crippen molar-refractivity contribution in [1.82, 2.24) is 29.0 Å². The van der Waals surface area contributed by atoms with E-state index in [2.05, 4.69) is 26.3 Å². The molecule has 15 heteroatoms. The van der Waals surface area contributed by atoms with Gasteiger partial charge in [0.1, 0.15) is 17.5 Å². The number of likely N-dealkylation sites (tertiary alicyclic amines) is 1. The first-order valence-electron chi connectivity index (χ1n) is 17.3. The number of rotatable bonds is 9. The first-order valence-corrected chi connectivity index (χ1v) is 17.7. The summed E-state index contributed by atoms with van der Waals surface area (Å²) in [6.45, 7) is 3.69. The molecule has 0 radical (unpaired) electrons. The van der Waals surface area contributed by atoms with Crippen LogP contribution in [0.2, 0.25) is 5.02 Å². The smallest absolute Gasteiger partial charge is 0.451 e. The van der Waals surface area contributed by atoms with Gasteiger partial charge in [-0.15, -0.1) is 0 Å². The van der Waals surface area contributed by atoms with Gasteiger partial charge >= 0.3 is 11.9 Å². The predicted octanol–water partition coefficient (Wildman–Crippen LogP) is 6.78. The number of pyridine rings is 1. The molecule has 53 heavy (non-hydrogen) atoms. The quantitative estimate of drug-likeness (QED) is 0.163. The number of nitrogens with one attached hydrogen (secondary N) is 1. The molecule has 2 aromatic carbocycles. The highest BCUT2D eigenvalue weighted by atomic mass is 35.5. The number of halogens is 4. The van der Waals surface area contributed by atoms with Crippen molar-refractivity contribution in [2.24, 2.45) is 20.0 Å². The van der Waals surface area contributed by atoms with Gasteiger partial charge in [0.25, 0.3) is 5.56 Å². The lowest BCUT2D eigenvalue weighted by molar-refractivity contribution is -0.144. The van der Waals surface area contributed by atoms with Crippen LogP contribution in [0.3, 0.4) is 0 Å². The van der Waals surface area contributed by atoms with Crippen LogP contribution < -0.4 is 21.3 Å². The molecule has 2 aliphatic rings. The standard InChI is InChI=1S/C38H37ClF3N7O4/c1-20-23(9-6-12-26(20)43-32-30-33(46-36(45-32)38(40,41)42)47(2)37(52)48(3)35(30)51)24-10-5-11-25(31(24)39)27-18-22-13-14-28(29(22)34(44-27)53-4)49-16-15-21(19-49)8-7-17-50/h5-6,9-12,17-18,21,28H,7-8,13-16,19H2,1-4H3,(H,43,45,46)/t21?,28-/m0/s1. The maximum atomic E-state index is 13.9. The van der Waals surface area contributed by atoms with E-state index in [0.717, 1.165) is 65.3 Å². The zero-order valence-electron chi connectivity index (χ0n) is 29.6. The van der Waals surface area contributed by atoms with Crippen molar-refractivity contribution in [3.63, 3.8) is 0 Å². The maximum absolute atomic E-state index is 13.9. The molecule has 1 fully saturated rings. The van der Waals surface area contributed by atoms with E-state index in [9.17, 15) is 27.6 Å². The van der Waals surface area contributed by atoms with Crippen LogP contribution in [0, 0.1) is 12.8 Å². The lowest BCUT2D eigenvalue weighted by atomic mass is 9.96. The minimum atomic E-state index is -4.95. The average Bonchev–Trinajstić information content (AvgIpc) is 3.79. The van der Waals surface area contributed by atoms with Gasteiger partial charge in [0, 0.05) is 55.5 Å². The minimum Gasteiger partial charge on any atom is -0.481 e. The fourth-order valence-electron chi connectivity index (χ4n) is 7.73. The number of hydrogen-bond donors (Lipinski definition) is 1. The van der Waals surface area contributed by atoms with Gasteiger partial charge in [-0.2, -0.15) is 13.2 Å². The van der Waals surface area contributed by atoms with E-state index < -0.39 is 34.7 Å². The number of carbonyl (C=O) groups is 1. The van der Waals surface area contributed by atoms with Crippen LogP contribution in [0.5, 0.6) is 5.88 Å². The number of nitrogens with zero attached hydrogens (tertiary/aromatic N) is 6. The molecule has 1 saturated heterocycles. The number of methoxy groups -OCH3 is 1. The third-order valence-corrected chi connectivity index (χ3v) is 10.9. The maximum Gasteiger partial charge on any atom is 0.451 e. The van der Waals surface area contributed by atoms with E-state index in [0.29, 0.717) is 56.9 Å². The van der Waals surface area contributed by atoms with Crippen molar-refractivity contribution in [2.45, 2.75) is 51.2 Å². The highest BCUT2D eigenvalue weighted by Crippen LogP contribution is 2.46.